The molecule has 0 amide bonds. The molecule has 0 unspecified atom stereocenters. The summed E-state index contributed by atoms with van der Waals surface area (Å²) in [4.78, 5) is 2.44. The molecule has 2 rings (SSSR count). The summed E-state index contributed by atoms with van der Waals surface area (Å²) in [5.41, 5.74) is 2.76. The smallest absolute Gasteiger partial charge is 0.121 e. The predicted molar refractivity (Wildman–Crippen MR) is 92.9 cm³/mol. The van der Waals surface area contributed by atoms with Gasteiger partial charge in [-0.15, -0.1) is 12.4 Å². The van der Waals surface area contributed by atoms with E-state index >= 15 is 0 Å². The van der Waals surface area contributed by atoms with Crippen LogP contribution in [0.1, 0.15) is 36.6 Å². The first kappa shape index (κ1) is 19.2. The lowest BCUT2D eigenvalue weighted by Gasteiger charge is -2.43. The molecule has 5 heteroatoms. The quantitative estimate of drug-likeness (QED) is 0.794. The molecule has 0 aliphatic carbocycles. The molecule has 0 aromatic heterocycles. The van der Waals surface area contributed by atoms with Crippen molar-refractivity contribution in [3.05, 3.63) is 28.8 Å². The van der Waals surface area contributed by atoms with Crippen LogP contribution in [0.25, 0.3) is 0 Å². The van der Waals surface area contributed by atoms with Crippen LogP contribution in [-0.4, -0.2) is 47.9 Å². The number of aliphatic hydroxyl groups is 1. The van der Waals surface area contributed by atoms with Crippen molar-refractivity contribution in [1.29, 1.82) is 0 Å². The zero-order valence-electron chi connectivity index (χ0n) is 14.0. The first-order valence-electron chi connectivity index (χ1n) is 7.72. The molecule has 126 valence electrons. The highest BCUT2D eigenvalue weighted by molar-refractivity contribution is 5.85. The highest BCUT2D eigenvalue weighted by Crippen LogP contribution is 2.40. The fourth-order valence-electron chi connectivity index (χ4n) is 3.33. The van der Waals surface area contributed by atoms with Gasteiger partial charge >= 0.3 is 0 Å². The Balaban J connectivity index is 0.00000242. The fourth-order valence-corrected chi connectivity index (χ4v) is 3.33. The SMILES string of the molecule is Cc1cc([C@H](N2CCNCC2)C(C)(C)CO)cc(C)c1O.Cl. The van der Waals surface area contributed by atoms with Crippen molar-refractivity contribution in [3.8, 4) is 5.75 Å². The summed E-state index contributed by atoms with van der Waals surface area (Å²) in [6.07, 6.45) is 0. The van der Waals surface area contributed by atoms with E-state index in [1.165, 1.54) is 5.56 Å². The lowest BCUT2D eigenvalue weighted by Crippen LogP contribution is -2.49. The lowest BCUT2D eigenvalue weighted by atomic mass is 9.79. The van der Waals surface area contributed by atoms with E-state index in [0.717, 1.165) is 37.3 Å². The van der Waals surface area contributed by atoms with Crippen molar-refractivity contribution in [2.75, 3.05) is 32.8 Å². The van der Waals surface area contributed by atoms with Crippen molar-refractivity contribution < 1.29 is 10.2 Å². The second-order valence-electron chi connectivity index (χ2n) is 6.84. The molecule has 1 aliphatic heterocycles. The number of aryl methyl sites for hydroxylation is 2. The summed E-state index contributed by atoms with van der Waals surface area (Å²) in [7, 11) is 0. The van der Waals surface area contributed by atoms with Crippen molar-refractivity contribution >= 4 is 12.4 Å². The van der Waals surface area contributed by atoms with Gasteiger partial charge in [-0.3, -0.25) is 4.90 Å². The molecule has 1 atom stereocenters. The van der Waals surface area contributed by atoms with Crippen molar-refractivity contribution in [3.63, 3.8) is 0 Å². The minimum Gasteiger partial charge on any atom is -0.507 e. The van der Waals surface area contributed by atoms with Crippen LogP contribution in [0.5, 0.6) is 5.75 Å². The van der Waals surface area contributed by atoms with E-state index in [9.17, 15) is 10.2 Å². The van der Waals surface area contributed by atoms with Crippen molar-refractivity contribution in [2.24, 2.45) is 5.41 Å². The zero-order valence-corrected chi connectivity index (χ0v) is 14.8. The predicted octanol–water partition coefficient (Wildman–Crippen LogP) is 2.40. The van der Waals surface area contributed by atoms with Crippen LogP contribution in [0.4, 0.5) is 0 Å². The number of benzene rings is 1. The van der Waals surface area contributed by atoms with Crippen LogP contribution in [-0.2, 0) is 0 Å². The van der Waals surface area contributed by atoms with Crippen LogP contribution in [0, 0.1) is 19.3 Å². The number of piperazine rings is 1. The summed E-state index contributed by atoms with van der Waals surface area (Å²) in [6.45, 7) is 12.1. The summed E-state index contributed by atoms with van der Waals surface area (Å²) < 4.78 is 0. The molecule has 1 heterocycles. The van der Waals surface area contributed by atoms with Crippen molar-refractivity contribution in [2.45, 2.75) is 33.7 Å². The third-order valence-corrected chi connectivity index (χ3v) is 4.49. The fraction of sp³-hybridized carbons (Fsp3) is 0.647. The van der Waals surface area contributed by atoms with E-state index in [1.807, 2.05) is 13.8 Å². The van der Waals surface area contributed by atoms with E-state index in [-0.39, 0.29) is 30.5 Å². The van der Waals surface area contributed by atoms with Gasteiger partial charge in [0.15, 0.2) is 0 Å². The van der Waals surface area contributed by atoms with Gasteiger partial charge in [-0.25, -0.2) is 0 Å². The number of halogens is 1. The van der Waals surface area contributed by atoms with Gasteiger partial charge in [0.05, 0.1) is 0 Å². The average molecular weight is 329 g/mol. The Hall–Kier alpha value is -0.810. The van der Waals surface area contributed by atoms with Gasteiger partial charge in [-0.1, -0.05) is 26.0 Å². The number of hydrogen-bond acceptors (Lipinski definition) is 4. The molecule has 0 saturated carbocycles. The zero-order chi connectivity index (χ0) is 15.6. The van der Waals surface area contributed by atoms with Crippen LogP contribution >= 0.6 is 12.4 Å². The molecule has 0 spiro atoms. The minimum absolute atomic E-state index is 0. The van der Waals surface area contributed by atoms with E-state index in [4.69, 9.17) is 0 Å². The van der Waals surface area contributed by atoms with Gasteiger partial charge in [0.1, 0.15) is 5.75 Å². The Morgan fingerprint density at radius 3 is 2.14 bits per heavy atom. The van der Waals surface area contributed by atoms with Crippen LogP contribution in [0.3, 0.4) is 0 Å². The van der Waals surface area contributed by atoms with E-state index in [1.54, 1.807) is 0 Å². The maximum atomic E-state index is 10.0. The standard InChI is InChI=1S/C17H28N2O2.ClH/c1-12-9-14(10-13(2)15(12)21)16(17(3,4)11-20)19-7-5-18-6-8-19;/h9-10,16,18,20-21H,5-8,11H2,1-4H3;1H/t16-;/m0./s1. The molecule has 4 nitrogen and oxygen atoms in total. The Morgan fingerprint density at radius 2 is 1.68 bits per heavy atom. The number of phenolic OH excluding ortho intramolecular Hbond substituents is 1. The van der Waals surface area contributed by atoms with Gasteiger partial charge < -0.3 is 15.5 Å². The molecule has 0 bridgehead atoms. The lowest BCUT2D eigenvalue weighted by molar-refractivity contribution is 0.0304. The van der Waals surface area contributed by atoms with E-state index in [0.29, 0.717) is 5.75 Å². The Morgan fingerprint density at radius 1 is 1.18 bits per heavy atom. The number of rotatable bonds is 4. The molecular formula is C17H29ClN2O2. The maximum Gasteiger partial charge on any atom is 0.121 e. The minimum atomic E-state index is -0.229. The highest BCUT2D eigenvalue weighted by Gasteiger charge is 2.36. The number of nitrogens with zero attached hydrogens (tertiary/aromatic N) is 1. The molecule has 1 saturated heterocycles. The first-order valence-corrected chi connectivity index (χ1v) is 7.72. The Kier molecular flexibility index (Phi) is 6.68. The highest BCUT2D eigenvalue weighted by atomic mass is 35.5. The molecule has 1 aliphatic rings. The maximum absolute atomic E-state index is 10.0. The van der Waals surface area contributed by atoms with Gasteiger partial charge in [-0.2, -0.15) is 0 Å². The second-order valence-corrected chi connectivity index (χ2v) is 6.84. The van der Waals surface area contributed by atoms with Crippen LogP contribution < -0.4 is 5.32 Å². The van der Waals surface area contributed by atoms with Crippen LogP contribution in [0.15, 0.2) is 12.1 Å². The molecule has 1 aromatic rings. The second kappa shape index (κ2) is 7.64. The monoisotopic (exact) mass is 328 g/mol. The average Bonchev–Trinajstić information content (AvgIpc) is 2.46. The molecule has 0 radical (unpaired) electrons. The largest absolute Gasteiger partial charge is 0.507 e. The van der Waals surface area contributed by atoms with Gasteiger partial charge in [0.2, 0.25) is 0 Å². The summed E-state index contributed by atoms with van der Waals surface area (Å²) in [5.74, 6) is 0.375. The number of phenols is 1. The topological polar surface area (TPSA) is 55.7 Å². The summed E-state index contributed by atoms with van der Waals surface area (Å²) in [5, 5.41) is 23.2. The van der Waals surface area contributed by atoms with Gasteiger partial charge in [0, 0.05) is 44.2 Å². The molecule has 1 aromatic carbocycles. The summed E-state index contributed by atoms with van der Waals surface area (Å²) >= 11 is 0. The van der Waals surface area contributed by atoms with Crippen LogP contribution in [0.2, 0.25) is 0 Å². The normalized spacial score (nSPS) is 17.9. The van der Waals surface area contributed by atoms with Gasteiger partial charge in [-0.05, 0) is 30.5 Å². The summed E-state index contributed by atoms with van der Waals surface area (Å²) in [6, 6.07) is 4.28. The van der Waals surface area contributed by atoms with Crippen molar-refractivity contribution in [1.82, 2.24) is 10.2 Å². The van der Waals surface area contributed by atoms with E-state index < -0.39 is 0 Å². The Bertz CT molecular complexity index is 476. The third kappa shape index (κ3) is 3.93. The number of hydrogen-bond donors (Lipinski definition) is 3. The Labute approximate surface area is 139 Å². The first-order chi connectivity index (χ1) is 9.86. The number of aliphatic hydroxyl groups excluding tert-OH is 1. The molecule has 3 N–H and O–H groups in total. The number of nitrogens with one attached hydrogen (secondary N) is 1. The van der Waals surface area contributed by atoms with E-state index in [2.05, 4.69) is 36.2 Å². The number of aromatic hydroxyl groups is 1. The van der Waals surface area contributed by atoms with Gasteiger partial charge in [0.25, 0.3) is 0 Å². The third-order valence-electron chi connectivity index (χ3n) is 4.49. The molecular weight excluding hydrogens is 300 g/mol. The molecule has 22 heavy (non-hydrogen) atoms. The molecule has 1 fully saturated rings.